The van der Waals surface area contributed by atoms with Gasteiger partial charge in [0.15, 0.2) is 11.5 Å². The molecule has 0 saturated carbocycles. The Balaban J connectivity index is 1.41. The number of benzene rings is 3. The van der Waals surface area contributed by atoms with Crippen molar-refractivity contribution in [3.63, 3.8) is 0 Å². The molecule has 1 aliphatic heterocycles. The van der Waals surface area contributed by atoms with Gasteiger partial charge in [-0.2, -0.15) is 5.10 Å². The van der Waals surface area contributed by atoms with Crippen molar-refractivity contribution >= 4 is 28.4 Å². The van der Waals surface area contributed by atoms with Gasteiger partial charge in [-0.25, -0.2) is 0 Å². The van der Waals surface area contributed by atoms with Crippen molar-refractivity contribution in [2.75, 3.05) is 6.79 Å². The van der Waals surface area contributed by atoms with E-state index in [1.165, 1.54) is 0 Å². The normalized spacial score (nSPS) is 13.4. The van der Waals surface area contributed by atoms with Crippen LogP contribution in [0.1, 0.15) is 18.5 Å². The van der Waals surface area contributed by atoms with Crippen molar-refractivity contribution in [3.05, 3.63) is 77.3 Å². The zero-order valence-corrected chi connectivity index (χ0v) is 17.6. The Morgan fingerprint density at radius 1 is 1.10 bits per heavy atom. The van der Waals surface area contributed by atoms with Gasteiger partial charge in [-0.05, 0) is 42.8 Å². The smallest absolute Gasteiger partial charge is 0.244 e. The molecule has 1 atom stereocenters. The van der Waals surface area contributed by atoms with E-state index in [4.69, 9.17) is 26.2 Å². The van der Waals surface area contributed by atoms with Crippen LogP contribution < -0.4 is 14.8 Å². The molecule has 0 saturated heterocycles. The lowest BCUT2D eigenvalue weighted by molar-refractivity contribution is -0.124. The lowest BCUT2D eigenvalue weighted by Gasteiger charge is -2.14. The fourth-order valence-corrected chi connectivity index (χ4v) is 3.89. The van der Waals surface area contributed by atoms with E-state index >= 15 is 0 Å². The highest BCUT2D eigenvalue weighted by molar-refractivity contribution is 6.31. The van der Waals surface area contributed by atoms with Crippen molar-refractivity contribution in [3.8, 4) is 22.8 Å². The van der Waals surface area contributed by atoms with Gasteiger partial charge in [-0.1, -0.05) is 48.0 Å². The number of ether oxygens (including phenoxy) is 2. The van der Waals surface area contributed by atoms with Crippen LogP contribution in [0, 0.1) is 0 Å². The van der Waals surface area contributed by atoms with Crippen molar-refractivity contribution in [2.45, 2.75) is 19.5 Å². The Kier molecular flexibility index (Phi) is 5.00. The van der Waals surface area contributed by atoms with Crippen LogP contribution in [0.4, 0.5) is 0 Å². The molecule has 5 rings (SSSR count). The Bertz CT molecular complexity index is 1270. The average molecular weight is 434 g/mol. The highest BCUT2D eigenvalue weighted by Gasteiger charge is 2.22. The summed E-state index contributed by atoms with van der Waals surface area (Å²) in [4.78, 5) is 13.0. The van der Waals surface area contributed by atoms with Gasteiger partial charge in [0.05, 0.1) is 5.52 Å². The molecular formula is C24H20ClN3O3. The summed E-state index contributed by atoms with van der Waals surface area (Å²) in [6.45, 7) is 2.45. The van der Waals surface area contributed by atoms with E-state index in [9.17, 15) is 4.79 Å². The first-order valence-electron chi connectivity index (χ1n) is 9.99. The second kappa shape index (κ2) is 7.96. The fourth-order valence-electron chi connectivity index (χ4n) is 3.72. The van der Waals surface area contributed by atoms with Gasteiger partial charge in [-0.15, -0.1) is 0 Å². The highest BCUT2D eigenvalue weighted by Crippen LogP contribution is 2.33. The summed E-state index contributed by atoms with van der Waals surface area (Å²) in [7, 11) is 0. The van der Waals surface area contributed by atoms with E-state index in [1.807, 2.05) is 73.7 Å². The molecule has 0 fully saturated rings. The molecular weight excluding hydrogens is 414 g/mol. The first-order chi connectivity index (χ1) is 15.1. The molecule has 3 aromatic carbocycles. The van der Waals surface area contributed by atoms with Crippen molar-refractivity contribution < 1.29 is 14.3 Å². The minimum absolute atomic E-state index is 0.128. The van der Waals surface area contributed by atoms with Gasteiger partial charge < -0.3 is 14.8 Å². The lowest BCUT2D eigenvalue weighted by atomic mass is 10.1. The zero-order chi connectivity index (χ0) is 21.4. The zero-order valence-electron chi connectivity index (χ0n) is 16.8. The van der Waals surface area contributed by atoms with E-state index in [-0.39, 0.29) is 12.7 Å². The largest absolute Gasteiger partial charge is 0.454 e. The number of hydrogen-bond donors (Lipinski definition) is 1. The summed E-state index contributed by atoms with van der Waals surface area (Å²) in [5, 5.41) is 9.32. The molecule has 6 nitrogen and oxygen atoms in total. The monoisotopic (exact) mass is 433 g/mol. The molecule has 2 heterocycles. The van der Waals surface area contributed by atoms with Gasteiger partial charge in [0.1, 0.15) is 11.7 Å². The van der Waals surface area contributed by atoms with Crippen LogP contribution in [0.2, 0.25) is 5.02 Å². The van der Waals surface area contributed by atoms with Crippen molar-refractivity contribution in [1.29, 1.82) is 0 Å². The van der Waals surface area contributed by atoms with E-state index in [2.05, 4.69) is 5.32 Å². The molecule has 1 unspecified atom stereocenters. The number of halogens is 1. The number of nitrogens with one attached hydrogen (secondary N) is 1. The first kappa shape index (κ1) is 19.5. The lowest BCUT2D eigenvalue weighted by Crippen LogP contribution is -2.31. The molecule has 0 bridgehead atoms. The molecule has 0 aliphatic carbocycles. The molecule has 31 heavy (non-hydrogen) atoms. The van der Waals surface area contributed by atoms with Crippen molar-refractivity contribution in [1.82, 2.24) is 15.1 Å². The minimum atomic E-state index is -0.504. The standard InChI is InChI=1S/C24H20ClN3O3/c1-15(24(29)26-13-16-7-10-21-22(11-16)31-14-30-21)28-20-9-8-18(25)12-19(20)23(27-28)17-5-3-2-4-6-17/h2-12,15H,13-14H2,1H3,(H,26,29). The van der Waals surface area contributed by atoms with E-state index in [0.717, 1.165) is 33.5 Å². The van der Waals surface area contributed by atoms with Gasteiger partial charge in [0.25, 0.3) is 0 Å². The number of aromatic nitrogens is 2. The van der Waals surface area contributed by atoms with E-state index in [0.29, 0.717) is 17.3 Å². The summed E-state index contributed by atoms with van der Waals surface area (Å²) in [5.74, 6) is 1.29. The number of hydrogen-bond acceptors (Lipinski definition) is 4. The SMILES string of the molecule is CC(C(=O)NCc1ccc2c(c1)OCO2)n1nc(-c2ccccc2)c2cc(Cl)ccc21. The summed E-state index contributed by atoms with van der Waals surface area (Å²) >= 11 is 6.25. The predicted molar refractivity (Wildman–Crippen MR) is 119 cm³/mol. The summed E-state index contributed by atoms with van der Waals surface area (Å²) in [6.07, 6.45) is 0. The van der Waals surface area contributed by atoms with Crippen LogP contribution in [-0.4, -0.2) is 22.5 Å². The fraction of sp³-hybridized carbons (Fsp3) is 0.167. The Hall–Kier alpha value is -3.51. The molecule has 1 amide bonds. The molecule has 1 aliphatic rings. The Morgan fingerprint density at radius 3 is 2.74 bits per heavy atom. The molecule has 1 aromatic heterocycles. The third kappa shape index (κ3) is 3.70. The van der Waals surface area contributed by atoms with E-state index < -0.39 is 6.04 Å². The number of fused-ring (bicyclic) bond motifs is 2. The molecule has 1 N–H and O–H groups in total. The van der Waals surface area contributed by atoms with Crippen LogP contribution in [0.15, 0.2) is 66.7 Å². The molecule has 0 spiro atoms. The van der Waals surface area contributed by atoms with Crippen LogP contribution >= 0.6 is 11.6 Å². The second-order valence-electron chi connectivity index (χ2n) is 7.40. The Morgan fingerprint density at radius 2 is 1.90 bits per heavy atom. The van der Waals surface area contributed by atoms with Crippen molar-refractivity contribution in [2.24, 2.45) is 0 Å². The maximum atomic E-state index is 13.0. The van der Waals surface area contributed by atoms with Crippen LogP contribution in [-0.2, 0) is 11.3 Å². The van der Waals surface area contributed by atoms with Gasteiger partial charge in [0.2, 0.25) is 12.7 Å². The maximum absolute atomic E-state index is 13.0. The third-order valence-electron chi connectivity index (χ3n) is 5.37. The average Bonchev–Trinajstić information content (AvgIpc) is 3.41. The predicted octanol–water partition coefficient (Wildman–Crippen LogP) is 4.96. The second-order valence-corrected chi connectivity index (χ2v) is 7.84. The molecule has 4 aromatic rings. The number of rotatable bonds is 5. The molecule has 7 heteroatoms. The maximum Gasteiger partial charge on any atom is 0.244 e. The van der Waals surface area contributed by atoms with Crippen LogP contribution in [0.25, 0.3) is 22.2 Å². The number of nitrogens with zero attached hydrogens (tertiary/aromatic N) is 2. The third-order valence-corrected chi connectivity index (χ3v) is 5.60. The van der Waals surface area contributed by atoms with Crippen LogP contribution in [0.5, 0.6) is 11.5 Å². The summed E-state index contributed by atoms with van der Waals surface area (Å²) < 4.78 is 12.5. The summed E-state index contributed by atoms with van der Waals surface area (Å²) in [6, 6.07) is 20.6. The highest BCUT2D eigenvalue weighted by atomic mass is 35.5. The summed E-state index contributed by atoms with van der Waals surface area (Å²) in [5.41, 5.74) is 3.57. The molecule has 0 radical (unpaired) electrons. The number of carbonyl (C=O) groups excluding carboxylic acids is 1. The minimum Gasteiger partial charge on any atom is -0.454 e. The number of carbonyl (C=O) groups is 1. The van der Waals surface area contributed by atoms with Gasteiger partial charge in [0, 0.05) is 22.5 Å². The van der Waals surface area contributed by atoms with Gasteiger partial charge in [-0.3, -0.25) is 9.48 Å². The molecule has 156 valence electrons. The topological polar surface area (TPSA) is 65.4 Å². The van der Waals surface area contributed by atoms with Gasteiger partial charge >= 0.3 is 0 Å². The van der Waals surface area contributed by atoms with Crippen LogP contribution in [0.3, 0.4) is 0 Å². The number of amides is 1. The first-order valence-corrected chi connectivity index (χ1v) is 10.4. The Labute approximate surface area is 184 Å². The van der Waals surface area contributed by atoms with E-state index in [1.54, 1.807) is 4.68 Å². The quantitative estimate of drug-likeness (QED) is 0.483.